The van der Waals surface area contributed by atoms with Crippen molar-refractivity contribution in [3.63, 3.8) is 0 Å². The van der Waals surface area contributed by atoms with Gasteiger partial charge >= 0.3 is 6.01 Å². The number of para-hydroxylation sites is 1. The van der Waals surface area contributed by atoms with Crippen LogP contribution < -0.4 is 15.8 Å². The maximum Gasteiger partial charge on any atom is 0.302 e. The van der Waals surface area contributed by atoms with Crippen LogP contribution in [0.4, 0.5) is 6.01 Å². The summed E-state index contributed by atoms with van der Waals surface area (Å²) in [4.78, 5) is 4.08. The average Bonchev–Trinajstić information content (AvgIpc) is 2.58. The van der Waals surface area contributed by atoms with E-state index < -0.39 is 0 Å². The van der Waals surface area contributed by atoms with E-state index >= 15 is 0 Å². The molecule has 0 atom stereocenters. The van der Waals surface area contributed by atoms with Crippen molar-refractivity contribution in [2.45, 2.75) is 0 Å². The molecule has 0 radical (unpaired) electrons. The van der Waals surface area contributed by atoms with Crippen molar-refractivity contribution >= 4 is 23.1 Å². The largest absolute Gasteiger partial charge is 0.493 e. The Labute approximate surface area is 85.5 Å². The molecule has 6 heteroatoms. The van der Waals surface area contributed by atoms with Crippen LogP contribution in [0.3, 0.4) is 0 Å². The van der Waals surface area contributed by atoms with Crippen molar-refractivity contribution in [3.8, 4) is 5.75 Å². The minimum atomic E-state index is -0.222. The molecule has 0 aliphatic heterocycles. The van der Waals surface area contributed by atoms with Crippen molar-refractivity contribution in [1.29, 1.82) is 5.41 Å². The van der Waals surface area contributed by atoms with Crippen LogP contribution in [-0.2, 0) is 0 Å². The SMILES string of the molecule is COc1cccc2nc(NC(=N)N)oc12. The quantitative estimate of drug-likeness (QED) is 0.505. The molecule has 2 aromatic rings. The lowest BCUT2D eigenvalue weighted by atomic mass is 10.3. The van der Waals surface area contributed by atoms with Gasteiger partial charge in [-0.1, -0.05) is 6.07 Å². The molecule has 1 heterocycles. The molecule has 2 rings (SSSR count). The van der Waals surface area contributed by atoms with Gasteiger partial charge in [0.1, 0.15) is 5.52 Å². The second kappa shape index (κ2) is 3.49. The fourth-order valence-electron chi connectivity index (χ4n) is 1.25. The molecule has 78 valence electrons. The molecule has 0 unspecified atom stereocenters. The number of benzene rings is 1. The summed E-state index contributed by atoms with van der Waals surface area (Å²) in [6.07, 6.45) is 0. The molecule has 0 aliphatic rings. The van der Waals surface area contributed by atoms with Gasteiger partial charge in [-0.2, -0.15) is 4.98 Å². The van der Waals surface area contributed by atoms with E-state index in [1.165, 1.54) is 0 Å². The van der Waals surface area contributed by atoms with Gasteiger partial charge < -0.3 is 14.9 Å². The van der Waals surface area contributed by atoms with Gasteiger partial charge in [-0.25, -0.2) is 0 Å². The second-order valence-corrected chi connectivity index (χ2v) is 2.87. The number of rotatable bonds is 2. The Bertz CT molecular complexity index is 506. The molecule has 6 nitrogen and oxygen atoms in total. The Morgan fingerprint density at radius 1 is 1.60 bits per heavy atom. The van der Waals surface area contributed by atoms with Gasteiger partial charge in [-0.3, -0.25) is 10.7 Å². The number of nitrogens with zero attached hydrogens (tertiary/aromatic N) is 1. The zero-order valence-electron chi connectivity index (χ0n) is 8.07. The lowest BCUT2D eigenvalue weighted by molar-refractivity contribution is 0.411. The fourth-order valence-corrected chi connectivity index (χ4v) is 1.25. The third kappa shape index (κ3) is 1.69. The Balaban J connectivity index is 2.50. The average molecular weight is 206 g/mol. The minimum Gasteiger partial charge on any atom is -0.493 e. The van der Waals surface area contributed by atoms with Gasteiger partial charge in [-0.05, 0) is 12.1 Å². The van der Waals surface area contributed by atoms with Crippen molar-refractivity contribution in [1.82, 2.24) is 4.98 Å². The number of methoxy groups -OCH3 is 1. The highest BCUT2D eigenvalue weighted by Gasteiger charge is 2.09. The maximum atomic E-state index is 7.04. The predicted octanol–water partition coefficient (Wildman–Crippen LogP) is 1.14. The summed E-state index contributed by atoms with van der Waals surface area (Å²) in [7, 11) is 1.55. The molecule has 0 aliphatic carbocycles. The smallest absolute Gasteiger partial charge is 0.302 e. The summed E-state index contributed by atoms with van der Waals surface area (Å²) in [5.41, 5.74) is 6.34. The number of aromatic nitrogens is 1. The first-order valence-corrected chi connectivity index (χ1v) is 4.25. The molecule has 0 saturated heterocycles. The molecule has 0 amide bonds. The molecule has 0 fully saturated rings. The van der Waals surface area contributed by atoms with E-state index in [0.29, 0.717) is 16.8 Å². The van der Waals surface area contributed by atoms with E-state index in [2.05, 4.69) is 10.3 Å². The van der Waals surface area contributed by atoms with E-state index in [0.717, 1.165) is 0 Å². The Kier molecular flexibility index (Phi) is 2.17. The Hall–Kier alpha value is -2.24. The number of oxazole rings is 1. The zero-order chi connectivity index (χ0) is 10.8. The van der Waals surface area contributed by atoms with Crippen LogP contribution in [-0.4, -0.2) is 18.1 Å². The molecular formula is C9H10N4O2. The molecule has 4 N–H and O–H groups in total. The van der Waals surface area contributed by atoms with Gasteiger partial charge in [0, 0.05) is 0 Å². The summed E-state index contributed by atoms with van der Waals surface area (Å²) in [5.74, 6) is 0.372. The summed E-state index contributed by atoms with van der Waals surface area (Å²) in [6, 6.07) is 5.54. The van der Waals surface area contributed by atoms with Crippen LogP contribution in [0.2, 0.25) is 0 Å². The molecule has 0 bridgehead atoms. The third-order valence-corrected chi connectivity index (χ3v) is 1.84. The third-order valence-electron chi connectivity index (χ3n) is 1.84. The topological polar surface area (TPSA) is 97.2 Å². The van der Waals surface area contributed by atoms with Crippen LogP contribution in [0.5, 0.6) is 5.75 Å². The van der Waals surface area contributed by atoms with Crippen LogP contribution in [0.15, 0.2) is 22.6 Å². The highest BCUT2D eigenvalue weighted by molar-refractivity contribution is 5.89. The van der Waals surface area contributed by atoms with Gasteiger partial charge in [-0.15, -0.1) is 0 Å². The van der Waals surface area contributed by atoms with Gasteiger partial charge in [0.2, 0.25) is 0 Å². The van der Waals surface area contributed by atoms with Gasteiger partial charge in [0.15, 0.2) is 17.3 Å². The highest BCUT2D eigenvalue weighted by atomic mass is 16.5. The first kappa shape index (κ1) is 9.32. The summed E-state index contributed by atoms with van der Waals surface area (Å²) < 4.78 is 10.4. The van der Waals surface area contributed by atoms with E-state index in [4.69, 9.17) is 20.3 Å². The number of hydrogen-bond acceptors (Lipinski definition) is 4. The normalized spacial score (nSPS) is 10.2. The Morgan fingerprint density at radius 2 is 2.40 bits per heavy atom. The molecule has 1 aromatic heterocycles. The van der Waals surface area contributed by atoms with Crippen LogP contribution in [0.25, 0.3) is 11.1 Å². The fraction of sp³-hybridized carbons (Fsp3) is 0.111. The number of ether oxygens (including phenoxy) is 1. The van der Waals surface area contributed by atoms with Crippen molar-refractivity contribution in [2.75, 3.05) is 12.4 Å². The van der Waals surface area contributed by atoms with Crippen molar-refractivity contribution in [3.05, 3.63) is 18.2 Å². The minimum absolute atomic E-state index is 0.182. The van der Waals surface area contributed by atoms with Crippen LogP contribution >= 0.6 is 0 Å². The molecule has 1 aromatic carbocycles. The number of nitrogens with two attached hydrogens (primary N) is 1. The predicted molar refractivity (Wildman–Crippen MR) is 56.1 cm³/mol. The zero-order valence-corrected chi connectivity index (χ0v) is 8.07. The van der Waals surface area contributed by atoms with E-state index in [1.54, 1.807) is 25.3 Å². The monoisotopic (exact) mass is 206 g/mol. The number of anilines is 1. The van der Waals surface area contributed by atoms with Gasteiger partial charge in [0.05, 0.1) is 7.11 Å². The van der Waals surface area contributed by atoms with Crippen molar-refractivity contribution < 1.29 is 9.15 Å². The van der Waals surface area contributed by atoms with Crippen molar-refractivity contribution in [2.24, 2.45) is 5.73 Å². The van der Waals surface area contributed by atoms with Crippen LogP contribution in [0.1, 0.15) is 0 Å². The standard InChI is InChI=1S/C9H10N4O2/c1-14-6-4-2-3-5-7(6)15-9(12-5)13-8(10)11/h2-4H,1H3,(H4,10,11,12,13). The first-order chi connectivity index (χ1) is 7.20. The number of fused-ring (bicyclic) bond motifs is 1. The molecular weight excluding hydrogens is 196 g/mol. The number of hydrogen-bond donors (Lipinski definition) is 3. The maximum absolute atomic E-state index is 7.04. The molecule has 0 saturated carbocycles. The van der Waals surface area contributed by atoms with E-state index in [9.17, 15) is 0 Å². The van der Waals surface area contributed by atoms with Gasteiger partial charge in [0.25, 0.3) is 0 Å². The summed E-state index contributed by atoms with van der Waals surface area (Å²) in [5, 5.41) is 9.51. The summed E-state index contributed by atoms with van der Waals surface area (Å²) >= 11 is 0. The number of nitrogens with one attached hydrogen (secondary N) is 2. The van der Waals surface area contributed by atoms with E-state index in [-0.39, 0.29) is 12.0 Å². The Morgan fingerprint density at radius 3 is 3.07 bits per heavy atom. The second-order valence-electron chi connectivity index (χ2n) is 2.87. The van der Waals surface area contributed by atoms with E-state index in [1.807, 2.05) is 0 Å². The lowest BCUT2D eigenvalue weighted by Crippen LogP contribution is -2.20. The number of guanidine groups is 1. The lowest BCUT2D eigenvalue weighted by Gasteiger charge is -1.97. The molecule has 0 spiro atoms. The summed E-state index contributed by atoms with van der Waals surface area (Å²) in [6.45, 7) is 0. The molecule has 15 heavy (non-hydrogen) atoms. The first-order valence-electron chi connectivity index (χ1n) is 4.25. The highest BCUT2D eigenvalue weighted by Crippen LogP contribution is 2.27. The van der Waals surface area contributed by atoms with Crippen LogP contribution in [0, 0.1) is 5.41 Å².